The molecule has 1 rings (SSSR count). The number of hydrogen-bond donors (Lipinski definition) is 0. The topological polar surface area (TPSA) is 84.2 Å². The summed E-state index contributed by atoms with van der Waals surface area (Å²) in [5.41, 5.74) is 0.553. The van der Waals surface area contributed by atoms with Crippen LogP contribution in [0.3, 0.4) is 0 Å². The summed E-state index contributed by atoms with van der Waals surface area (Å²) in [5.74, 6) is 0.105. The van der Waals surface area contributed by atoms with E-state index >= 15 is 0 Å². The summed E-state index contributed by atoms with van der Waals surface area (Å²) in [5, 5.41) is 8.89. The molecule has 0 aromatic heterocycles. The van der Waals surface area contributed by atoms with Crippen LogP contribution in [0.5, 0.6) is 5.75 Å². The summed E-state index contributed by atoms with van der Waals surface area (Å²) in [7, 11) is -3.45. The molecule has 0 aliphatic carbocycles. The van der Waals surface area contributed by atoms with Gasteiger partial charge in [-0.25, -0.2) is 12.6 Å². The van der Waals surface area contributed by atoms with Crippen LogP contribution in [0.2, 0.25) is 0 Å². The van der Waals surface area contributed by atoms with Gasteiger partial charge in [-0.2, -0.15) is 5.26 Å². The summed E-state index contributed by atoms with van der Waals surface area (Å²) in [6, 6.07) is 4.52. The van der Waals surface area contributed by atoms with E-state index in [2.05, 4.69) is 0 Å². The minimum Gasteiger partial charge on any atom is -0.401 e. The second kappa shape index (κ2) is 4.85. The fourth-order valence-corrected chi connectivity index (χ4v) is 2.71. The van der Waals surface area contributed by atoms with Gasteiger partial charge in [-0.05, 0) is 18.6 Å². The molecule has 0 bridgehead atoms. The minimum absolute atomic E-state index is 0.0111. The zero-order valence-electron chi connectivity index (χ0n) is 9.55. The van der Waals surface area contributed by atoms with E-state index in [1.165, 1.54) is 18.4 Å². The molecule has 7 heteroatoms. The van der Waals surface area contributed by atoms with Crippen molar-refractivity contribution in [2.45, 2.75) is 11.8 Å². The van der Waals surface area contributed by atoms with Gasteiger partial charge in [0, 0.05) is 18.6 Å². The normalized spacial score (nSPS) is 12.8. The second-order valence-corrected chi connectivity index (χ2v) is 6.42. The molecular formula is C10H11NO4S2. The average molecular weight is 273 g/mol. The highest BCUT2D eigenvalue weighted by Gasteiger charge is 2.16. The molecule has 0 saturated carbocycles. The van der Waals surface area contributed by atoms with Gasteiger partial charge in [-0.1, -0.05) is 0 Å². The molecular weight excluding hydrogens is 262 g/mol. The molecule has 0 spiro atoms. The van der Waals surface area contributed by atoms with Crippen molar-refractivity contribution in [3.63, 3.8) is 0 Å². The van der Waals surface area contributed by atoms with Crippen molar-refractivity contribution in [1.82, 2.24) is 0 Å². The van der Waals surface area contributed by atoms with Crippen LogP contribution in [0.25, 0.3) is 0 Å². The number of nitrogens with zero attached hydrogens (tertiary/aromatic N) is 1. The van der Waals surface area contributed by atoms with E-state index in [9.17, 15) is 12.6 Å². The van der Waals surface area contributed by atoms with Crippen molar-refractivity contribution < 1.29 is 16.8 Å². The molecule has 1 unspecified atom stereocenters. The highest BCUT2D eigenvalue weighted by atomic mass is 32.2. The van der Waals surface area contributed by atoms with Crippen molar-refractivity contribution in [2.75, 3.05) is 12.5 Å². The Kier molecular flexibility index (Phi) is 3.91. The van der Waals surface area contributed by atoms with Crippen LogP contribution in [0.4, 0.5) is 0 Å². The van der Waals surface area contributed by atoms with E-state index in [1.807, 2.05) is 6.07 Å². The molecule has 0 fully saturated rings. The van der Waals surface area contributed by atoms with E-state index in [0.717, 1.165) is 6.26 Å². The van der Waals surface area contributed by atoms with Gasteiger partial charge < -0.3 is 4.18 Å². The number of rotatable bonds is 3. The van der Waals surface area contributed by atoms with Gasteiger partial charge in [0.05, 0.1) is 16.5 Å². The SMILES string of the molecule is Cc1c(C#N)cc(OS(C)=O)cc1S(C)(=O)=O. The summed E-state index contributed by atoms with van der Waals surface area (Å²) < 4.78 is 38.9. The summed E-state index contributed by atoms with van der Waals surface area (Å²) in [6.45, 7) is 1.54. The lowest BCUT2D eigenvalue weighted by Crippen LogP contribution is -2.04. The Morgan fingerprint density at radius 1 is 1.41 bits per heavy atom. The van der Waals surface area contributed by atoms with Crippen molar-refractivity contribution in [3.8, 4) is 11.8 Å². The maximum atomic E-state index is 11.5. The standard InChI is InChI=1S/C10H11NO4S2/c1-7-8(6-11)4-9(15-16(2)12)5-10(7)17(3,13)14/h4-5H,1-3H3. The Labute approximate surface area is 103 Å². The summed E-state index contributed by atoms with van der Waals surface area (Å²) in [4.78, 5) is 0.0111. The molecule has 1 atom stereocenters. The number of nitriles is 1. The lowest BCUT2D eigenvalue weighted by Gasteiger charge is -2.08. The quantitative estimate of drug-likeness (QED) is 0.818. The lowest BCUT2D eigenvalue weighted by atomic mass is 10.1. The van der Waals surface area contributed by atoms with Gasteiger partial charge in [-0.3, -0.25) is 0 Å². The van der Waals surface area contributed by atoms with Crippen LogP contribution in [0, 0.1) is 18.3 Å². The molecule has 0 heterocycles. The number of hydrogen-bond acceptors (Lipinski definition) is 5. The first kappa shape index (κ1) is 13.7. The van der Waals surface area contributed by atoms with Crippen LogP contribution >= 0.6 is 0 Å². The molecule has 1 aromatic carbocycles. The summed E-state index contributed by atoms with van der Waals surface area (Å²) in [6.07, 6.45) is 2.36. The molecule has 17 heavy (non-hydrogen) atoms. The number of sulfone groups is 1. The Balaban J connectivity index is 3.51. The van der Waals surface area contributed by atoms with E-state index in [0.29, 0.717) is 5.56 Å². The Morgan fingerprint density at radius 2 is 2.00 bits per heavy atom. The molecule has 0 aliphatic heterocycles. The first-order chi connectivity index (χ1) is 7.75. The number of benzene rings is 1. The van der Waals surface area contributed by atoms with Crippen LogP contribution in [0.1, 0.15) is 11.1 Å². The van der Waals surface area contributed by atoms with E-state index in [1.54, 1.807) is 6.92 Å². The van der Waals surface area contributed by atoms with E-state index < -0.39 is 20.9 Å². The van der Waals surface area contributed by atoms with Gasteiger partial charge in [0.25, 0.3) is 0 Å². The predicted octanol–water partition coefficient (Wildman–Crippen LogP) is 0.943. The fraction of sp³-hybridized carbons (Fsp3) is 0.300. The van der Waals surface area contributed by atoms with Gasteiger partial charge in [0.1, 0.15) is 5.75 Å². The first-order valence-corrected chi connectivity index (χ1v) is 7.89. The Bertz CT molecular complexity index is 614. The fourth-order valence-electron chi connectivity index (χ4n) is 1.35. The molecule has 0 amide bonds. The monoisotopic (exact) mass is 273 g/mol. The third-order valence-electron chi connectivity index (χ3n) is 2.07. The lowest BCUT2D eigenvalue weighted by molar-refractivity contribution is 0.564. The van der Waals surface area contributed by atoms with Crippen LogP contribution in [-0.2, 0) is 20.9 Å². The first-order valence-electron chi connectivity index (χ1n) is 4.52. The molecule has 5 nitrogen and oxygen atoms in total. The van der Waals surface area contributed by atoms with Crippen molar-refractivity contribution in [3.05, 3.63) is 23.3 Å². The van der Waals surface area contributed by atoms with E-state index in [4.69, 9.17) is 9.44 Å². The van der Waals surface area contributed by atoms with Gasteiger partial charge in [0.15, 0.2) is 9.84 Å². The maximum absolute atomic E-state index is 11.5. The Hall–Kier alpha value is -1.39. The third kappa shape index (κ3) is 3.28. The smallest absolute Gasteiger partial charge is 0.203 e. The van der Waals surface area contributed by atoms with E-state index in [-0.39, 0.29) is 16.2 Å². The van der Waals surface area contributed by atoms with Crippen molar-refractivity contribution in [1.29, 1.82) is 5.26 Å². The zero-order valence-corrected chi connectivity index (χ0v) is 11.2. The van der Waals surface area contributed by atoms with Gasteiger partial charge in [0.2, 0.25) is 11.1 Å². The second-order valence-electron chi connectivity index (χ2n) is 3.46. The molecule has 0 N–H and O–H groups in total. The van der Waals surface area contributed by atoms with Crippen molar-refractivity contribution in [2.24, 2.45) is 0 Å². The van der Waals surface area contributed by atoms with Crippen molar-refractivity contribution >= 4 is 20.9 Å². The molecule has 0 aliphatic rings. The molecule has 1 aromatic rings. The third-order valence-corrected chi connectivity index (χ3v) is 3.72. The van der Waals surface area contributed by atoms with Crippen LogP contribution < -0.4 is 4.18 Å². The largest absolute Gasteiger partial charge is 0.401 e. The average Bonchev–Trinajstić information content (AvgIpc) is 2.17. The Morgan fingerprint density at radius 3 is 2.41 bits per heavy atom. The molecule has 92 valence electrons. The molecule has 0 radical (unpaired) electrons. The maximum Gasteiger partial charge on any atom is 0.203 e. The van der Waals surface area contributed by atoms with Crippen LogP contribution in [-0.4, -0.2) is 25.1 Å². The predicted molar refractivity (Wildman–Crippen MR) is 63.7 cm³/mol. The zero-order chi connectivity index (χ0) is 13.2. The van der Waals surface area contributed by atoms with Gasteiger partial charge in [-0.15, -0.1) is 0 Å². The van der Waals surface area contributed by atoms with Gasteiger partial charge >= 0.3 is 0 Å². The molecule has 0 saturated heterocycles. The highest BCUT2D eigenvalue weighted by molar-refractivity contribution is 7.90. The van der Waals surface area contributed by atoms with Crippen LogP contribution in [0.15, 0.2) is 17.0 Å². The highest BCUT2D eigenvalue weighted by Crippen LogP contribution is 2.25. The minimum atomic E-state index is -3.45. The summed E-state index contributed by atoms with van der Waals surface area (Å²) >= 11 is -1.57.